The molecule has 0 aliphatic carbocycles. The number of ether oxygens (including phenoxy) is 1. The molecule has 0 amide bonds. The Balaban J connectivity index is 1.64. The monoisotopic (exact) mass is 358 g/mol. The molecule has 0 aliphatic rings. The number of carbonyl (C=O) groups is 2. The first-order valence-electron chi connectivity index (χ1n) is 7.50. The van der Waals surface area contributed by atoms with Crippen LogP contribution in [0.15, 0.2) is 47.0 Å². The van der Waals surface area contributed by atoms with Gasteiger partial charge in [-0.2, -0.15) is 4.98 Å². The molecule has 6 nitrogen and oxygen atoms in total. The molecule has 0 unspecified atom stereocenters. The van der Waals surface area contributed by atoms with E-state index in [-0.39, 0.29) is 5.56 Å². The summed E-state index contributed by atoms with van der Waals surface area (Å²) in [6.45, 7) is 0.973. The largest absolute Gasteiger partial charge is 0.454 e. The second-order valence-corrected chi connectivity index (χ2v) is 5.35. The van der Waals surface area contributed by atoms with Crippen molar-refractivity contribution in [2.75, 3.05) is 6.61 Å². The Bertz CT molecular complexity index is 968. The molecule has 0 fully saturated rings. The van der Waals surface area contributed by atoms with Gasteiger partial charge in [0.1, 0.15) is 11.6 Å². The number of halogens is 2. The van der Waals surface area contributed by atoms with Crippen molar-refractivity contribution < 1.29 is 27.6 Å². The van der Waals surface area contributed by atoms with Crippen molar-refractivity contribution in [2.45, 2.75) is 6.92 Å². The quantitative estimate of drug-likeness (QED) is 0.514. The number of carbonyl (C=O) groups excluding carboxylic acids is 2. The van der Waals surface area contributed by atoms with E-state index in [0.717, 1.165) is 18.2 Å². The zero-order valence-corrected chi connectivity index (χ0v) is 13.5. The van der Waals surface area contributed by atoms with E-state index in [9.17, 15) is 18.4 Å². The number of esters is 1. The summed E-state index contributed by atoms with van der Waals surface area (Å²) in [6, 6.07) is 8.57. The lowest BCUT2D eigenvalue weighted by atomic mass is 10.1. The maximum atomic E-state index is 13.5. The molecule has 0 aliphatic heterocycles. The van der Waals surface area contributed by atoms with E-state index in [1.165, 1.54) is 12.1 Å². The molecule has 0 atom stereocenters. The van der Waals surface area contributed by atoms with Crippen LogP contribution in [0.1, 0.15) is 26.5 Å². The minimum Gasteiger partial charge on any atom is -0.454 e. The average molecular weight is 358 g/mol. The van der Waals surface area contributed by atoms with E-state index >= 15 is 0 Å². The smallest absolute Gasteiger partial charge is 0.338 e. The molecule has 26 heavy (non-hydrogen) atoms. The number of rotatable bonds is 5. The predicted molar refractivity (Wildman–Crippen MR) is 85.4 cm³/mol. The van der Waals surface area contributed by atoms with Crippen LogP contribution in [0.5, 0.6) is 0 Å². The van der Waals surface area contributed by atoms with Crippen molar-refractivity contribution in [3.63, 3.8) is 0 Å². The Morgan fingerprint density at radius 3 is 2.50 bits per heavy atom. The third-order valence-electron chi connectivity index (χ3n) is 3.46. The van der Waals surface area contributed by atoms with Crippen LogP contribution in [0.4, 0.5) is 8.78 Å². The van der Waals surface area contributed by atoms with Gasteiger partial charge in [0.05, 0.1) is 11.1 Å². The Kier molecular flexibility index (Phi) is 4.83. The van der Waals surface area contributed by atoms with E-state index in [2.05, 4.69) is 10.1 Å². The molecule has 3 rings (SSSR count). The molecule has 1 heterocycles. The zero-order chi connectivity index (χ0) is 18.7. The van der Waals surface area contributed by atoms with Gasteiger partial charge in [-0.15, -0.1) is 0 Å². The van der Waals surface area contributed by atoms with Gasteiger partial charge >= 0.3 is 5.97 Å². The van der Waals surface area contributed by atoms with Crippen molar-refractivity contribution in [3.8, 4) is 11.5 Å². The molecule has 8 heteroatoms. The van der Waals surface area contributed by atoms with Gasteiger partial charge in [0.2, 0.25) is 5.78 Å². The van der Waals surface area contributed by atoms with Gasteiger partial charge in [-0.1, -0.05) is 5.16 Å². The SMILES string of the molecule is Cc1noc(-c2ccc(C(=O)OCC(=O)c3cc(F)ccc3F)cc2)n1. The van der Waals surface area contributed by atoms with Gasteiger partial charge in [-0.3, -0.25) is 4.79 Å². The summed E-state index contributed by atoms with van der Waals surface area (Å²) in [5, 5.41) is 3.67. The number of aryl methyl sites for hydroxylation is 1. The lowest BCUT2D eigenvalue weighted by Gasteiger charge is -2.06. The number of hydrogen-bond acceptors (Lipinski definition) is 6. The molecular formula is C18H12F2N2O4. The first-order chi connectivity index (χ1) is 12.4. The second kappa shape index (κ2) is 7.22. The molecule has 132 valence electrons. The third-order valence-corrected chi connectivity index (χ3v) is 3.46. The fraction of sp³-hybridized carbons (Fsp3) is 0.111. The van der Waals surface area contributed by atoms with Crippen molar-refractivity contribution in [2.24, 2.45) is 0 Å². The predicted octanol–water partition coefficient (Wildman–Crippen LogP) is 3.36. The fourth-order valence-corrected chi connectivity index (χ4v) is 2.17. The second-order valence-electron chi connectivity index (χ2n) is 5.35. The number of nitrogens with zero attached hydrogens (tertiary/aromatic N) is 2. The molecule has 1 aromatic heterocycles. The Hall–Kier alpha value is -3.42. The molecule has 0 saturated carbocycles. The number of Topliss-reactive ketones (excluding diaryl/α,β-unsaturated/α-hetero) is 1. The van der Waals surface area contributed by atoms with Crippen LogP contribution in [0.2, 0.25) is 0 Å². The number of hydrogen-bond donors (Lipinski definition) is 0. The van der Waals surface area contributed by atoms with Gasteiger partial charge in [-0.05, 0) is 49.4 Å². The van der Waals surface area contributed by atoms with Crippen molar-refractivity contribution in [3.05, 3.63) is 71.1 Å². The van der Waals surface area contributed by atoms with Crippen molar-refractivity contribution >= 4 is 11.8 Å². The first-order valence-corrected chi connectivity index (χ1v) is 7.50. The minimum atomic E-state index is -0.883. The molecule has 2 aromatic carbocycles. The van der Waals surface area contributed by atoms with E-state index in [1.54, 1.807) is 19.1 Å². The first kappa shape index (κ1) is 17.4. The topological polar surface area (TPSA) is 82.3 Å². The van der Waals surface area contributed by atoms with Crippen LogP contribution in [-0.4, -0.2) is 28.5 Å². The van der Waals surface area contributed by atoms with Crippen LogP contribution in [-0.2, 0) is 4.74 Å². The maximum absolute atomic E-state index is 13.5. The highest BCUT2D eigenvalue weighted by Crippen LogP contribution is 2.18. The molecule has 0 bridgehead atoms. The summed E-state index contributed by atoms with van der Waals surface area (Å²) in [4.78, 5) is 27.9. The van der Waals surface area contributed by atoms with Crippen molar-refractivity contribution in [1.82, 2.24) is 10.1 Å². The summed E-state index contributed by atoms with van der Waals surface area (Å²) >= 11 is 0. The van der Waals surface area contributed by atoms with Gasteiger partial charge in [0.15, 0.2) is 12.4 Å². The lowest BCUT2D eigenvalue weighted by Crippen LogP contribution is -2.15. The molecular weight excluding hydrogens is 346 g/mol. The Morgan fingerprint density at radius 1 is 1.12 bits per heavy atom. The Morgan fingerprint density at radius 2 is 1.85 bits per heavy atom. The van der Waals surface area contributed by atoms with Gasteiger partial charge in [-0.25, -0.2) is 13.6 Å². The van der Waals surface area contributed by atoms with Crippen LogP contribution in [0, 0.1) is 18.6 Å². The van der Waals surface area contributed by atoms with Crippen molar-refractivity contribution in [1.29, 1.82) is 0 Å². The fourth-order valence-electron chi connectivity index (χ4n) is 2.17. The zero-order valence-electron chi connectivity index (χ0n) is 13.5. The van der Waals surface area contributed by atoms with Crippen LogP contribution in [0.25, 0.3) is 11.5 Å². The highest BCUT2D eigenvalue weighted by Gasteiger charge is 2.16. The van der Waals surface area contributed by atoms with E-state index < -0.39 is 35.6 Å². The highest BCUT2D eigenvalue weighted by molar-refractivity contribution is 5.99. The summed E-state index contributed by atoms with van der Waals surface area (Å²) in [5.74, 6) is -2.47. The average Bonchev–Trinajstić information content (AvgIpc) is 3.08. The number of ketones is 1. The van der Waals surface area contributed by atoms with E-state index in [4.69, 9.17) is 9.26 Å². The number of aromatic nitrogens is 2. The van der Waals surface area contributed by atoms with Gasteiger partial charge in [0, 0.05) is 5.56 Å². The van der Waals surface area contributed by atoms with Crippen LogP contribution < -0.4 is 0 Å². The maximum Gasteiger partial charge on any atom is 0.338 e. The standard InChI is InChI=1S/C18H12F2N2O4/c1-10-21-17(26-22-10)11-2-4-12(5-3-11)18(24)25-9-16(23)14-8-13(19)6-7-15(14)20/h2-8H,9H2,1H3. The van der Waals surface area contributed by atoms with Crippen LogP contribution >= 0.6 is 0 Å². The molecule has 0 saturated heterocycles. The summed E-state index contributed by atoms with van der Waals surface area (Å²) in [6.07, 6.45) is 0. The van der Waals surface area contributed by atoms with E-state index in [1.807, 2.05) is 0 Å². The van der Waals surface area contributed by atoms with E-state index in [0.29, 0.717) is 17.3 Å². The van der Waals surface area contributed by atoms with Gasteiger partial charge < -0.3 is 9.26 Å². The minimum absolute atomic E-state index is 0.178. The third kappa shape index (κ3) is 3.80. The van der Waals surface area contributed by atoms with Crippen LogP contribution in [0.3, 0.4) is 0 Å². The number of benzene rings is 2. The molecule has 3 aromatic rings. The lowest BCUT2D eigenvalue weighted by molar-refractivity contribution is 0.0473. The molecule has 0 radical (unpaired) electrons. The highest BCUT2D eigenvalue weighted by atomic mass is 19.1. The molecule has 0 N–H and O–H groups in total. The Labute approximate surface area is 146 Å². The summed E-state index contributed by atoms with van der Waals surface area (Å²) in [7, 11) is 0. The summed E-state index contributed by atoms with van der Waals surface area (Å²) < 4.78 is 36.5. The summed E-state index contributed by atoms with van der Waals surface area (Å²) in [5.41, 5.74) is 0.317. The van der Waals surface area contributed by atoms with Gasteiger partial charge in [0.25, 0.3) is 5.89 Å². The normalized spacial score (nSPS) is 10.6. The molecule has 0 spiro atoms.